The van der Waals surface area contributed by atoms with E-state index < -0.39 is 0 Å². The topological polar surface area (TPSA) is 84.1 Å². The van der Waals surface area contributed by atoms with E-state index in [2.05, 4.69) is 29.4 Å². The van der Waals surface area contributed by atoms with E-state index in [-0.39, 0.29) is 17.5 Å². The van der Waals surface area contributed by atoms with Crippen molar-refractivity contribution in [2.24, 2.45) is 5.41 Å². The molecule has 8 heteroatoms. The van der Waals surface area contributed by atoms with Crippen molar-refractivity contribution in [3.8, 4) is 17.2 Å². The molecule has 2 amide bonds. The minimum absolute atomic E-state index is 0.0362. The van der Waals surface area contributed by atoms with Gasteiger partial charge in [-0.15, -0.1) is 0 Å². The molecule has 38 heavy (non-hydrogen) atoms. The Kier molecular flexibility index (Phi) is 6.20. The molecule has 8 nitrogen and oxygen atoms in total. The standard InChI is InChI=1S/C30H35N3O5/c1-4-38-28-13-24-19(11-27(28)37-3)9-10-33(29(35)32-17-30(18-32)14-21(34)15-30)26(24)8-5-20-16-31-25-7-6-22(36-2)12-23(20)25/h6-7,11-13,16,26,31H,4-5,8-10,14-15,17-18H2,1-3H3. The Hall–Kier alpha value is -3.68. The minimum atomic E-state index is -0.0912. The Morgan fingerprint density at radius 1 is 1.11 bits per heavy atom. The van der Waals surface area contributed by atoms with Crippen molar-refractivity contribution in [3.05, 3.63) is 53.2 Å². The van der Waals surface area contributed by atoms with Crippen molar-refractivity contribution in [3.63, 3.8) is 0 Å². The number of carbonyl (C=O) groups excluding carboxylic acids is 2. The number of carbonyl (C=O) groups is 2. The Morgan fingerprint density at radius 2 is 1.92 bits per heavy atom. The number of likely N-dealkylation sites (tertiary alicyclic amines) is 1. The fourth-order valence-electron chi connectivity index (χ4n) is 6.55. The normalized spacial score (nSPS) is 19.7. The highest BCUT2D eigenvalue weighted by molar-refractivity contribution is 5.88. The van der Waals surface area contributed by atoms with Crippen molar-refractivity contribution in [1.82, 2.24) is 14.8 Å². The average molecular weight is 518 g/mol. The molecule has 1 spiro atoms. The molecule has 1 aliphatic carbocycles. The predicted octanol–water partition coefficient (Wildman–Crippen LogP) is 4.90. The van der Waals surface area contributed by atoms with E-state index in [0.717, 1.165) is 47.2 Å². The highest BCUT2D eigenvalue weighted by Gasteiger charge is 2.54. The fraction of sp³-hybridized carbons (Fsp3) is 0.467. The van der Waals surface area contributed by atoms with Crippen LogP contribution in [0.4, 0.5) is 4.79 Å². The molecule has 3 aromatic rings. The number of urea groups is 1. The highest BCUT2D eigenvalue weighted by Crippen LogP contribution is 2.47. The average Bonchev–Trinajstić information content (AvgIpc) is 3.29. The summed E-state index contributed by atoms with van der Waals surface area (Å²) < 4.78 is 17.0. The van der Waals surface area contributed by atoms with Crippen molar-refractivity contribution in [1.29, 1.82) is 0 Å². The number of aromatic amines is 1. The van der Waals surface area contributed by atoms with Gasteiger partial charge < -0.3 is 29.0 Å². The molecule has 0 bridgehead atoms. The van der Waals surface area contributed by atoms with Gasteiger partial charge in [0.2, 0.25) is 0 Å². The molecule has 2 aliphatic heterocycles. The van der Waals surface area contributed by atoms with Crippen LogP contribution >= 0.6 is 0 Å². The maximum atomic E-state index is 13.8. The molecule has 1 aromatic heterocycles. The van der Waals surface area contributed by atoms with Crippen LogP contribution in [0.2, 0.25) is 0 Å². The zero-order chi connectivity index (χ0) is 26.4. The molecule has 3 aliphatic rings. The maximum absolute atomic E-state index is 13.8. The van der Waals surface area contributed by atoms with E-state index >= 15 is 0 Å². The molecule has 1 N–H and O–H groups in total. The number of hydrogen-bond donors (Lipinski definition) is 1. The molecule has 3 heterocycles. The van der Waals surface area contributed by atoms with Gasteiger partial charge in [0, 0.05) is 55.0 Å². The summed E-state index contributed by atoms with van der Waals surface area (Å²) in [4.78, 5) is 32.7. The van der Waals surface area contributed by atoms with Crippen LogP contribution in [0.1, 0.15) is 48.9 Å². The Bertz CT molecular complexity index is 1380. The first-order chi connectivity index (χ1) is 18.4. The van der Waals surface area contributed by atoms with Crippen molar-refractivity contribution < 1.29 is 23.8 Å². The van der Waals surface area contributed by atoms with Gasteiger partial charge >= 0.3 is 6.03 Å². The number of H-pyrrole nitrogens is 1. The SMILES string of the molecule is CCOc1cc2c(cc1OC)CCN(C(=O)N1CC3(CC(=O)C3)C1)C2CCc1c[nH]c2ccc(OC)cc12. The zero-order valence-corrected chi connectivity index (χ0v) is 22.3. The van der Waals surface area contributed by atoms with Crippen LogP contribution in [0.25, 0.3) is 10.9 Å². The van der Waals surface area contributed by atoms with Crippen LogP contribution in [-0.4, -0.2) is 67.1 Å². The summed E-state index contributed by atoms with van der Waals surface area (Å²) in [6, 6.07) is 10.2. The predicted molar refractivity (Wildman–Crippen MR) is 144 cm³/mol. The number of methoxy groups -OCH3 is 2. The van der Waals surface area contributed by atoms with Crippen molar-refractivity contribution in [2.45, 2.75) is 45.1 Å². The molecule has 1 unspecified atom stereocenters. The number of ketones is 1. The quantitative estimate of drug-likeness (QED) is 0.482. The number of rotatable bonds is 7. The van der Waals surface area contributed by atoms with E-state index in [9.17, 15) is 9.59 Å². The number of aromatic nitrogens is 1. The van der Waals surface area contributed by atoms with Crippen LogP contribution in [0.3, 0.4) is 0 Å². The third kappa shape index (κ3) is 4.16. The lowest BCUT2D eigenvalue weighted by Gasteiger charge is -2.56. The maximum Gasteiger partial charge on any atom is 0.320 e. The van der Waals surface area contributed by atoms with Gasteiger partial charge in [0.15, 0.2) is 11.5 Å². The Morgan fingerprint density at radius 3 is 2.63 bits per heavy atom. The summed E-state index contributed by atoms with van der Waals surface area (Å²) in [5, 5.41) is 1.14. The monoisotopic (exact) mass is 517 g/mol. The number of aryl methyl sites for hydroxylation is 1. The van der Waals surface area contributed by atoms with Crippen molar-refractivity contribution in [2.75, 3.05) is 40.5 Å². The highest BCUT2D eigenvalue weighted by atomic mass is 16.5. The number of Topliss-reactive ketones (excluding diaryl/α,β-unsaturated/α-hetero) is 1. The van der Waals surface area contributed by atoms with Crippen LogP contribution in [0.5, 0.6) is 17.2 Å². The molecule has 2 fully saturated rings. The molecular formula is C30H35N3O5. The number of benzene rings is 2. The van der Waals surface area contributed by atoms with Gasteiger partial charge in [-0.1, -0.05) is 0 Å². The molecule has 1 saturated heterocycles. The number of fused-ring (bicyclic) bond motifs is 2. The lowest BCUT2D eigenvalue weighted by Crippen LogP contribution is -2.66. The number of nitrogens with one attached hydrogen (secondary N) is 1. The molecule has 200 valence electrons. The summed E-state index contributed by atoms with van der Waals surface area (Å²) in [6.07, 6.45) is 5.64. The summed E-state index contributed by atoms with van der Waals surface area (Å²) in [5.41, 5.74) is 4.63. The number of amides is 2. The van der Waals surface area contributed by atoms with E-state index in [0.29, 0.717) is 50.6 Å². The van der Waals surface area contributed by atoms with E-state index in [1.807, 2.05) is 28.9 Å². The molecule has 1 saturated carbocycles. The van der Waals surface area contributed by atoms with Gasteiger partial charge in [0.1, 0.15) is 11.5 Å². The third-order valence-corrected chi connectivity index (χ3v) is 8.46. The van der Waals surface area contributed by atoms with Gasteiger partial charge in [0.25, 0.3) is 0 Å². The van der Waals surface area contributed by atoms with Crippen LogP contribution in [-0.2, 0) is 17.6 Å². The Balaban J connectivity index is 1.30. The van der Waals surface area contributed by atoms with Gasteiger partial charge in [0.05, 0.1) is 26.9 Å². The second kappa shape index (κ2) is 9.57. The van der Waals surface area contributed by atoms with E-state index in [1.165, 1.54) is 11.1 Å². The fourth-order valence-corrected chi connectivity index (χ4v) is 6.55. The van der Waals surface area contributed by atoms with Gasteiger partial charge in [-0.05, 0) is 73.2 Å². The van der Waals surface area contributed by atoms with Gasteiger partial charge in [-0.25, -0.2) is 4.79 Å². The van der Waals surface area contributed by atoms with Crippen LogP contribution in [0.15, 0.2) is 36.5 Å². The number of hydrogen-bond acceptors (Lipinski definition) is 5. The van der Waals surface area contributed by atoms with Crippen LogP contribution < -0.4 is 14.2 Å². The van der Waals surface area contributed by atoms with Crippen LogP contribution in [0, 0.1) is 5.41 Å². The number of nitrogens with zero attached hydrogens (tertiary/aromatic N) is 2. The minimum Gasteiger partial charge on any atom is -0.497 e. The molecule has 1 atom stereocenters. The summed E-state index contributed by atoms with van der Waals surface area (Å²) >= 11 is 0. The van der Waals surface area contributed by atoms with Crippen molar-refractivity contribution >= 4 is 22.7 Å². The van der Waals surface area contributed by atoms with E-state index in [1.54, 1.807) is 14.2 Å². The molecule has 6 rings (SSSR count). The smallest absolute Gasteiger partial charge is 0.320 e. The first-order valence-electron chi connectivity index (χ1n) is 13.5. The third-order valence-electron chi connectivity index (χ3n) is 8.46. The second-order valence-corrected chi connectivity index (χ2v) is 10.9. The molecule has 2 aromatic carbocycles. The number of ether oxygens (including phenoxy) is 3. The van der Waals surface area contributed by atoms with E-state index in [4.69, 9.17) is 14.2 Å². The van der Waals surface area contributed by atoms with Gasteiger partial charge in [-0.3, -0.25) is 4.79 Å². The summed E-state index contributed by atoms with van der Waals surface area (Å²) in [6.45, 7) is 4.51. The molecule has 0 radical (unpaired) electrons. The Labute approximate surface area is 222 Å². The second-order valence-electron chi connectivity index (χ2n) is 10.9. The lowest BCUT2D eigenvalue weighted by atomic mass is 9.63. The largest absolute Gasteiger partial charge is 0.497 e. The van der Waals surface area contributed by atoms with Gasteiger partial charge in [-0.2, -0.15) is 0 Å². The molecular weight excluding hydrogens is 482 g/mol. The lowest BCUT2D eigenvalue weighted by molar-refractivity contribution is -0.142. The summed E-state index contributed by atoms with van der Waals surface area (Å²) in [7, 11) is 3.34. The first-order valence-corrected chi connectivity index (χ1v) is 13.5. The zero-order valence-electron chi connectivity index (χ0n) is 22.3. The summed E-state index contributed by atoms with van der Waals surface area (Å²) in [5.74, 6) is 2.58. The first kappa shape index (κ1) is 24.6.